The van der Waals surface area contributed by atoms with E-state index in [4.69, 9.17) is 4.98 Å². The third kappa shape index (κ3) is 2.47. The lowest BCUT2D eigenvalue weighted by atomic mass is 10.1. The maximum atomic E-state index is 4.74. The van der Waals surface area contributed by atoms with E-state index in [9.17, 15) is 0 Å². The Morgan fingerprint density at radius 3 is 1.94 bits per heavy atom. The molecule has 4 aromatic heterocycles. The summed E-state index contributed by atoms with van der Waals surface area (Å²) in [5, 5.41) is 4.85. The molecule has 36 heavy (non-hydrogen) atoms. The Bertz CT molecular complexity index is 2110. The van der Waals surface area contributed by atoms with Crippen LogP contribution in [0.1, 0.15) is 0 Å². The summed E-state index contributed by atoms with van der Waals surface area (Å²) < 4.78 is 6.51. The highest BCUT2D eigenvalue weighted by Crippen LogP contribution is 2.39. The number of aromatic nitrogens is 6. The molecule has 170 valence electrons. The molecule has 0 aliphatic carbocycles. The minimum absolute atomic E-state index is 0.784. The summed E-state index contributed by atoms with van der Waals surface area (Å²) >= 11 is 0. The second-order valence-corrected chi connectivity index (χ2v) is 9.15. The Hall–Kier alpha value is -4.97. The Labute approximate surface area is 205 Å². The van der Waals surface area contributed by atoms with Crippen LogP contribution in [0.3, 0.4) is 0 Å². The number of aryl methyl sites for hydroxylation is 1. The molecule has 0 fully saturated rings. The van der Waals surface area contributed by atoms with E-state index in [0.717, 1.165) is 39.2 Å². The van der Waals surface area contributed by atoms with Crippen molar-refractivity contribution in [3.63, 3.8) is 0 Å². The minimum atomic E-state index is 0.784. The molecule has 4 heterocycles. The van der Waals surface area contributed by atoms with Gasteiger partial charge >= 0.3 is 0 Å². The normalized spacial score (nSPS) is 12.0. The largest absolute Gasteiger partial charge is 0.318 e. The number of fused-ring (bicyclic) bond motifs is 7. The fourth-order valence-electron chi connectivity index (χ4n) is 5.61. The summed E-state index contributed by atoms with van der Waals surface area (Å²) in [6.07, 6.45) is 3.42. The van der Waals surface area contributed by atoms with Crippen molar-refractivity contribution in [1.29, 1.82) is 0 Å². The molecular formula is C30H20N6. The highest BCUT2D eigenvalue weighted by molar-refractivity contribution is 6.19. The van der Waals surface area contributed by atoms with E-state index in [1.807, 2.05) is 11.6 Å². The topological polar surface area (TPSA) is 53.5 Å². The molecule has 0 radical (unpaired) electrons. The third-order valence-electron chi connectivity index (χ3n) is 7.17. The second-order valence-electron chi connectivity index (χ2n) is 9.15. The zero-order valence-electron chi connectivity index (χ0n) is 19.5. The maximum Gasteiger partial charge on any atom is 0.169 e. The van der Waals surface area contributed by atoms with Crippen molar-refractivity contribution in [3.05, 3.63) is 104 Å². The van der Waals surface area contributed by atoms with E-state index in [1.54, 1.807) is 12.7 Å². The molecular weight excluding hydrogens is 444 g/mol. The minimum Gasteiger partial charge on any atom is -0.318 e. The molecule has 4 aromatic carbocycles. The van der Waals surface area contributed by atoms with Crippen LogP contribution in [0.15, 0.2) is 104 Å². The SMILES string of the molecule is Cn1cnc2c(-n3c4ccccc4c4cc5c6ccccc6n(-c6ccccc6)c5cc43)ncnc21. The van der Waals surface area contributed by atoms with Crippen molar-refractivity contribution in [2.45, 2.75) is 0 Å². The first-order chi connectivity index (χ1) is 17.8. The summed E-state index contributed by atoms with van der Waals surface area (Å²) in [6.45, 7) is 0. The molecule has 0 aliphatic rings. The Morgan fingerprint density at radius 2 is 1.19 bits per heavy atom. The fourth-order valence-corrected chi connectivity index (χ4v) is 5.61. The summed E-state index contributed by atoms with van der Waals surface area (Å²) in [6, 6.07) is 32.3. The summed E-state index contributed by atoms with van der Waals surface area (Å²) in [5.41, 5.74) is 7.27. The molecule has 8 aromatic rings. The predicted molar refractivity (Wildman–Crippen MR) is 145 cm³/mol. The van der Waals surface area contributed by atoms with Gasteiger partial charge in [-0.25, -0.2) is 15.0 Å². The van der Waals surface area contributed by atoms with Gasteiger partial charge in [-0.1, -0.05) is 54.6 Å². The average molecular weight is 465 g/mol. The van der Waals surface area contributed by atoms with E-state index in [1.165, 1.54) is 27.1 Å². The van der Waals surface area contributed by atoms with Crippen molar-refractivity contribution >= 4 is 54.8 Å². The standard InChI is InChI=1S/C30H20N6/c1-34-18-33-28-29(34)31-17-32-30(28)36-25-14-8-6-12-21(25)23-15-22-20-11-5-7-13-24(20)35(26(22)16-27(23)36)19-9-3-2-4-10-19/h2-18H,1H3. The highest BCUT2D eigenvalue weighted by Gasteiger charge is 2.20. The molecule has 6 heteroatoms. The number of imidazole rings is 1. The Kier molecular flexibility index (Phi) is 3.77. The van der Waals surface area contributed by atoms with Crippen molar-refractivity contribution < 1.29 is 0 Å². The van der Waals surface area contributed by atoms with Gasteiger partial charge in [0.1, 0.15) is 6.33 Å². The molecule has 0 bridgehead atoms. The van der Waals surface area contributed by atoms with E-state index >= 15 is 0 Å². The molecule has 0 spiro atoms. The smallest absolute Gasteiger partial charge is 0.169 e. The number of para-hydroxylation sites is 3. The quantitative estimate of drug-likeness (QED) is 0.291. The molecule has 0 amide bonds. The number of hydrogen-bond acceptors (Lipinski definition) is 3. The van der Waals surface area contributed by atoms with Crippen LogP contribution in [-0.4, -0.2) is 28.7 Å². The van der Waals surface area contributed by atoms with Crippen LogP contribution in [0, 0.1) is 0 Å². The Morgan fingerprint density at radius 1 is 0.556 bits per heavy atom. The van der Waals surface area contributed by atoms with Gasteiger partial charge in [0.25, 0.3) is 0 Å². The molecule has 6 nitrogen and oxygen atoms in total. The summed E-state index contributed by atoms with van der Waals surface area (Å²) in [4.78, 5) is 13.9. The van der Waals surface area contributed by atoms with Crippen molar-refractivity contribution in [3.8, 4) is 11.5 Å². The number of hydrogen-bond donors (Lipinski definition) is 0. The molecule has 0 aliphatic heterocycles. The van der Waals surface area contributed by atoms with Gasteiger partial charge in [-0.3, -0.25) is 4.57 Å². The average Bonchev–Trinajstić information content (AvgIpc) is 3.57. The van der Waals surface area contributed by atoms with Crippen LogP contribution >= 0.6 is 0 Å². The van der Waals surface area contributed by atoms with Crippen LogP contribution in [0.5, 0.6) is 0 Å². The molecule has 8 rings (SSSR count). The number of nitrogens with zero attached hydrogens (tertiary/aromatic N) is 6. The van der Waals surface area contributed by atoms with E-state index in [2.05, 4.69) is 110 Å². The van der Waals surface area contributed by atoms with Crippen LogP contribution in [0.25, 0.3) is 66.3 Å². The third-order valence-corrected chi connectivity index (χ3v) is 7.17. The molecule has 0 saturated heterocycles. The van der Waals surface area contributed by atoms with Crippen LogP contribution in [0.2, 0.25) is 0 Å². The van der Waals surface area contributed by atoms with Crippen LogP contribution in [-0.2, 0) is 7.05 Å². The lowest BCUT2D eigenvalue weighted by Gasteiger charge is -2.09. The zero-order valence-corrected chi connectivity index (χ0v) is 19.5. The second kappa shape index (κ2) is 7.02. The van der Waals surface area contributed by atoms with Crippen molar-refractivity contribution in [1.82, 2.24) is 28.7 Å². The van der Waals surface area contributed by atoms with Crippen molar-refractivity contribution in [2.24, 2.45) is 7.05 Å². The van der Waals surface area contributed by atoms with Gasteiger partial charge < -0.3 is 9.13 Å². The van der Waals surface area contributed by atoms with Gasteiger partial charge in [-0.15, -0.1) is 0 Å². The number of rotatable bonds is 2. The lowest BCUT2D eigenvalue weighted by Crippen LogP contribution is -2.01. The fraction of sp³-hybridized carbons (Fsp3) is 0.0333. The predicted octanol–water partition coefficient (Wildman–Crippen LogP) is 6.56. The Balaban J connectivity index is 1.59. The van der Waals surface area contributed by atoms with E-state index in [0.29, 0.717) is 0 Å². The summed E-state index contributed by atoms with van der Waals surface area (Å²) in [5.74, 6) is 0.786. The van der Waals surface area contributed by atoms with Gasteiger partial charge in [-0.05, 0) is 36.4 Å². The van der Waals surface area contributed by atoms with E-state index < -0.39 is 0 Å². The van der Waals surface area contributed by atoms with Gasteiger partial charge in [-0.2, -0.15) is 0 Å². The maximum absolute atomic E-state index is 4.74. The zero-order chi connectivity index (χ0) is 23.8. The molecule has 0 N–H and O–H groups in total. The molecule has 0 atom stereocenters. The number of benzene rings is 4. The van der Waals surface area contributed by atoms with Crippen molar-refractivity contribution in [2.75, 3.05) is 0 Å². The molecule has 0 saturated carbocycles. The van der Waals surface area contributed by atoms with Gasteiger partial charge in [0, 0.05) is 34.3 Å². The van der Waals surface area contributed by atoms with Gasteiger partial charge in [0.2, 0.25) is 0 Å². The highest BCUT2D eigenvalue weighted by atomic mass is 15.2. The van der Waals surface area contributed by atoms with Crippen LogP contribution in [0.4, 0.5) is 0 Å². The first-order valence-electron chi connectivity index (χ1n) is 11.9. The first kappa shape index (κ1) is 19.3. The van der Waals surface area contributed by atoms with E-state index in [-0.39, 0.29) is 0 Å². The molecule has 0 unspecified atom stereocenters. The summed E-state index contributed by atoms with van der Waals surface area (Å²) in [7, 11) is 1.96. The monoisotopic (exact) mass is 464 g/mol. The van der Waals surface area contributed by atoms with Gasteiger partial charge in [0.15, 0.2) is 17.0 Å². The lowest BCUT2D eigenvalue weighted by molar-refractivity contribution is 0.926. The first-order valence-corrected chi connectivity index (χ1v) is 11.9. The van der Waals surface area contributed by atoms with Crippen LogP contribution < -0.4 is 0 Å². The van der Waals surface area contributed by atoms with Gasteiger partial charge in [0.05, 0.1) is 28.4 Å².